The van der Waals surface area contributed by atoms with Gasteiger partial charge in [-0.1, -0.05) is 30.9 Å². The lowest BCUT2D eigenvalue weighted by molar-refractivity contribution is -0.122. The Labute approximate surface area is 204 Å². The summed E-state index contributed by atoms with van der Waals surface area (Å²) in [6.07, 6.45) is 3.24. The molecule has 2 aliphatic heterocycles. The predicted molar refractivity (Wildman–Crippen MR) is 134 cm³/mol. The number of carbonyl (C=O) groups excluding carboxylic acids is 1. The maximum Gasteiger partial charge on any atom is 0.270 e. The van der Waals surface area contributed by atoms with Crippen molar-refractivity contribution in [2.45, 2.75) is 40.2 Å². The van der Waals surface area contributed by atoms with E-state index >= 15 is 0 Å². The fourth-order valence-corrected chi connectivity index (χ4v) is 5.27. The molecule has 0 saturated carbocycles. The third-order valence-corrected chi connectivity index (χ3v) is 7.01. The van der Waals surface area contributed by atoms with E-state index in [9.17, 15) is 14.9 Å². The van der Waals surface area contributed by atoms with Gasteiger partial charge in [-0.05, 0) is 38.3 Å². The number of carbonyl (C=O) groups is 1. The second-order valence-electron chi connectivity index (χ2n) is 7.79. The molecule has 1 aromatic rings. The molecule has 0 unspecified atom stereocenters. The largest absolute Gasteiger partial charge is 0.382 e. The van der Waals surface area contributed by atoms with Crippen molar-refractivity contribution in [3.63, 3.8) is 0 Å². The third kappa shape index (κ3) is 5.49. The molecule has 3 rings (SSSR count). The van der Waals surface area contributed by atoms with E-state index in [1.807, 2.05) is 13.8 Å². The van der Waals surface area contributed by atoms with E-state index in [4.69, 9.17) is 21.7 Å². The summed E-state index contributed by atoms with van der Waals surface area (Å²) in [4.78, 5) is 30.5. The monoisotopic (exact) mass is 490 g/mol. The van der Waals surface area contributed by atoms with Gasteiger partial charge in [0.1, 0.15) is 21.8 Å². The number of hydrogen-bond acceptors (Lipinski definition) is 8. The number of aromatic nitrogens is 1. The molecule has 0 spiro atoms. The maximum atomic E-state index is 13.2. The van der Waals surface area contributed by atoms with Crippen molar-refractivity contribution in [2.24, 2.45) is 0 Å². The zero-order valence-corrected chi connectivity index (χ0v) is 21.0. The van der Waals surface area contributed by atoms with Crippen LogP contribution < -0.4 is 10.5 Å². The van der Waals surface area contributed by atoms with Crippen LogP contribution >= 0.6 is 24.0 Å². The average Bonchev–Trinajstić information content (AvgIpc) is 3.08. The Hall–Kier alpha value is -2.19. The lowest BCUT2D eigenvalue weighted by Crippen LogP contribution is -2.41. The Morgan fingerprint density at radius 1 is 1.24 bits per heavy atom. The first-order valence-electron chi connectivity index (χ1n) is 11.3. The number of amides is 1. The zero-order chi connectivity index (χ0) is 24.0. The van der Waals surface area contributed by atoms with Gasteiger partial charge in [-0.25, -0.2) is 0 Å². The number of thioether (sulfide) groups is 1. The standard InChI is InChI=1S/C23H30N4O4S2/c1-4-7-26-20(25-9-12-31-13-10-25)17(16(3)18(15-24)21(26)28)14-19-22(29)27(23(32)33-19)8-6-11-30-5-2/h14H,4-13H2,1-3H3/b19-14-. The van der Waals surface area contributed by atoms with Crippen LogP contribution in [0.1, 0.15) is 43.4 Å². The number of nitriles is 1. The minimum Gasteiger partial charge on any atom is -0.382 e. The first kappa shape index (κ1) is 25.4. The van der Waals surface area contributed by atoms with Gasteiger partial charge in [0.15, 0.2) is 0 Å². The summed E-state index contributed by atoms with van der Waals surface area (Å²) in [6.45, 7) is 10.3. The molecule has 1 aromatic heterocycles. The van der Waals surface area contributed by atoms with Crippen LogP contribution in [-0.4, -0.2) is 65.8 Å². The van der Waals surface area contributed by atoms with Gasteiger partial charge in [0.05, 0.1) is 18.1 Å². The van der Waals surface area contributed by atoms with Crippen LogP contribution in [0.3, 0.4) is 0 Å². The fraction of sp³-hybridized carbons (Fsp3) is 0.565. The van der Waals surface area contributed by atoms with Gasteiger partial charge < -0.3 is 14.4 Å². The highest BCUT2D eigenvalue weighted by atomic mass is 32.2. The highest BCUT2D eigenvalue weighted by molar-refractivity contribution is 8.26. The Morgan fingerprint density at radius 2 is 1.97 bits per heavy atom. The first-order valence-corrected chi connectivity index (χ1v) is 12.5. The third-order valence-electron chi connectivity index (χ3n) is 5.63. The van der Waals surface area contributed by atoms with Gasteiger partial charge in [0.2, 0.25) is 0 Å². The molecule has 2 fully saturated rings. The molecule has 0 radical (unpaired) electrons. The van der Waals surface area contributed by atoms with Crippen molar-refractivity contribution in [1.82, 2.24) is 9.47 Å². The van der Waals surface area contributed by atoms with E-state index in [0.29, 0.717) is 73.8 Å². The summed E-state index contributed by atoms with van der Waals surface area (Å²) in [5, 5.41) is 9.72. The second-order valence-corrected chi connectivity index (χ2v) is 9.46. The minimum absolute atomic E-state index is 0.110. The number of ether oxygens (including phenoxy) is 2. The van der Waals surface area contributed by atoms with Crippen LogP contribution in [0.2, 0.25) is 0 Å². The predicted octanol–water partition coefficient (Wildman–Crippen LogP) is 2.90. The molecule has 178 valence electrons. The van der Waals surface area contributed by atoms with E-state index in [0.717, 1.165) is 17.8 Å². The topological polar surface area (TPSA) is 87.8 Å². The summed E-state index contributed by atoms with van der Waals surface area (Å²) >= 11 is 6.72. The molecule has 3 heterocycles. The smallest absolute Gasteiger partial charge is 0.270 e. The molecular formula is C23H30N4O4S2. The van der Waals surface area contributed by atoms with Crippen molar-refractivity contribution in [2.75, 3.05) is 51.0 Å². The highest BCUT2D eigenvalue weighted by Gasteiger charge is 2.33. The Morgan fingerprint density at radius 3 is 2.61 bits per heavy atom. The van der Waals surface area contributed by atoms with Crippen molar-refractivity contribution >= 4 is 46.1 Å². The fourth-order valence-electron chi connectivity index (χ4n) is 3.98. The second kappa shape index (κ2) is 11.8. The van der Waals surface area contributed by atoms with Crippen LogP contribution in [0.4, 0.5) is 5.82 Å². The Balaban J connectivity index is 2.08. The van der Waals surface area contributed by atoms with Crippen molar-refractivity contribution in [3.8, 4) is 6.07 Å². The number of hydrogen-bond donors (Lipinski definition) is 0. The van der Waals surface area contributed by atoms with Crippen LogP contribution in [0.5, 0.6) is 0 Å². The quantitative estimate of drug-likeness (QED) is 0.297. The van der Waals surface area contributed by atoms with E-state index < -0.39 is 0 Å². The summed E-state index contributed by atoms with van der Waals surface area (Å²) in [5.74, 6) is 0.587. The van der Waals surface area contributed by atoms with Gasteiger partial charge >= 0.3 is 0 Å². The molecular weight excluding hydrogens is 460 g/mol. The van der Waals surface area contributed by atoms with E-state index in [2.05, 4.69) is 11.0 Å². The molecule has 2 saturated heterocycles. The van der Waals surface area contributed by atoms with Gasteiger partial charge in [-0.2, -0.15) is 5.26 Å². The van der Waals surface area contributed by atoms with Crippen LogP contribution in [0.15, 0.2) is 9.70 Å². The molecule has 0 N–H and O–H groups in total. The van der Waals surface area contributed by atoms with Gasteiger partial charge in [0, 0.05) is 45.0 Å². The van der Waals surface area contributed by atoms with Gasteiger partial charge in [-0.15, -0.1) is 0 Å². The molecule has 2 aliphatic rings. The summed E-state index contributed by atoms with van der Waals surface area (Å²) in [7, 11) is 0. The SMILES string of the molecule is CCCn1c(N2CCOCC2)c(/C=C2\SC(=S)N(CCCOCC)C2=O)c(C)c(C#N)c1=O. The molecule has 10 heteroatoms. The van der Waals surface area contributed by atoms with Crippen molar-refractivity contribution in [1.29, 1.82) is 5.26 Å². The maximum absolute atomic E-state index is 13.2. The molecule has 0 bridgehead atoms. The van der Waals surface area contributed by atoms with Gasteiger partial charge in [-0.3, -0.25) is 19.1 Å². The molecule has 0 aromatic carbocycles. The van der Waals surface area contributed by atoms with Crippen LogP contribution in [0, 0.1) is 18.3 Å². The van der Waals surface area contributed by atoms with E-state index in [1.54, 1.807) is 22.5 Å². The van der Waals surface area contributed by atoms with Crippen LogP contribution in [0.25, 0.3) is 6.08 Å². The number of nitrogens with zero attached hydrogens (tertiary/aromatic N) is 4. The minimum atomic E-state index is -0.293. The number of pyridine rings is 1. The number of rotatable bonds is 9. The summed E-state index contributed by atoms with van der Waals surface area (Å²) < 4.78 is 13.1. The number of thiocarbonyl (C=S) groups is 1. The number of morpholine rings is 1. The van der Waals surface area contributed by atoms with E-state index in [1.165, 1.54) is 11.8 Å². The zero-order valence-electron chi connectivity index (χ0n) is 19.4. The van der Waals surface area contributed by atoms with Crippen molar-refractivity contribution in [3.05, 3.63) is 31.9 Å². The van der Waals surface area contributed by atoms with E-state index in [-0.39, 0.29) is 17.0 Å². The van der Waals surface area contributed by atoms with Gasteiger partial charge in [0.25, 0.3) is 11.5 Å². The molecule has 0 aliphatic carbocycles. The Kier molecular flexibility index (Phi) is 9.09. The normalized spacial score (nSPS) is 17.8. The molecule has 33 heavy (non-hydrogen) atoms. The first-order chi connectivity index (χ1) is 15.9. The number of anilines is 1. The lowest BCUT2D eigenvalue weighted by atomic mass is 10.0. The summed E-state index contributed by atoms with van der Waals surface area (Å²) in [6, 6.07) is 2.08. The highest BCUT2D eigenvalue weighted by Crippen LogP contribution is 2.36. The Bertz CT molecular complexity index is 1040. The summed E-state index contributed by atoms with van der Waals surface area (Å²) in [5.41, 5.74) is 1.12. The molecule has 8 nitrogen and oxygen atoms in total. The molecule has 1 amide bonds. The van der Waals surface area contributed by atoms with Crippen LogP contribution in [-0.2, 0) is 20.8 Å². The van der Waals surface area contributed by atoms with Crippen molar-refractivity contribution < 1.29 is 14.3 Å². The lowest BCUT2D eigenvalue weighted by Gasteiger charge is -2.33. The average molecular weight is 491 g/mol. The molecule has 0 atom stereocenters.